The summed E-state index contributed by atoms with van der Waals surface area (Å²) in [7, 11) is 0. The van der Waals surface area contributed by atoms with Crippen LogP contribution in [0.15, 0.2) is 12.7 Å². The standard InChI is InChI=1S/2C5H8N4O2.ClH/c2*6-3(5(10)11)1-4-7-2-8-9-4;/h2*2-3H,1,6H2,(H,10,11)(H,7,8,9);1H. The van der Waals surface area contributed by atoms with Gasteiger partial charge in [0.05, 0.1) is 0 Å². The molecule has 13 heteroatoms. The van der Waals surface area contributed by atoms with Crippen molar-refractivity contribution >= 4 is 24.3 Å². The quantitative estimate of drug-likeness (QED) is 0.336. The lowest BCUT2D eigenvalue weighted by Crippen LogP contribution is -2.32. The van der Waals surface area contributed by atoms with Gasteiger partial charge in [-0.2, -0.15) is 10.2 Å². The zero-order valence-corrected chi connectivity index (χ0v) is 12.6. The van der Waals surface area contributed by atoms with E-state index in [1.54, 1.807) is 0 Å². The van der Waals surface area contributed by atoms with Gasteiger partial charge in [0, 0.05) is 12.8 Å². The molecular weight excluding hydrogens is 332 g/mol. The minimum atomic E-state index is -1.04. The molecule has 0 saturated heterocycles. The Balaban J connectivity index is 0.000000403. The van der Waals surface area contributed by atoms with E-state index >= 15 is 0 Å². The van der Waals surface area contributed by atoms with E-state index in [2.05, 4.69) is 30.4 Å². The molecule has 0 saturated carbocycles. The third-order valence-electron chi connectivity index (χ3n) is 2.39. The number of aromatic amines is 2. The van der Waals surface area contributed by atoms with Crippen LogP contribution in [0.25, 0.3) is 0 Å². The lowest BCUT2D eigenvalue weighted by molar-refractivity contribution is -0.139. The number of hydrogen-bond acceptors (Lipinski definition) is 8. The number of aliphatic carboxylic acids is 2. The fraction of sp³-hybridized carbons (Fsp3) is 0.400. The van der Waals surface area contributed by atoms with Gasteiger partial charge in [-0.1, -0.05) is 0 Å². The predicted octanol–water partition coefficient (Wildman–Crippen LogP) is -2.06. The molecule has 0 aliphatic rings. The summed E-state index contributed by atoms with van der Waals surface area (Å²) in [4.78, 5) is 27.9. The summed E-state index contributed by atoms with van der Waals surface area (Å²) in [6.45, 7) is 0. The van der Waals surface area contributed by atoms with Crippen molar-refractivity contribution in [3.63, 3.8) is 0 Å². The lowest BCUT2D eigenvalue weighted by Gasteiger charge is -2.01. The largest absolute Gasteiger partial charge is 0.480 e. The molecule has 2 atom stereocenters. The van der Waals surface area contributed by atoms with Crippen LogP contribution < -0.4 is 11.5 Å². The van der Waals surface area contributed by atoms with Gasteiger partial charge in [-0.25, -0.2) is 9.97 Å². The van der Waals surface area contributed by atoms with E-state index in [-0.39, 0.29) is 25.2 Å². The number of hydrogen-bond donors (Lipinski definition) is 6. The Morgan fingerprint density at radius 2 is 1.30 bits per heavy atom. The first-order chi connectivity index (χ1) is 10.4. The van der Waals surface area contributed by atoms with Gasteiger partial charge in [-0.05, 0) is 0 Å². The lowest BCUT2D eigenvalue weighted by atomic mass is 10.2. The Morgan fingerprint density at radius 3 is 1.52 bits per heavy atom. The summed E-state index contributed by atoms with van der Waals surface area (Å²) in [5.74, 6) is -1.11. The number of carboxylic acids is 2. The van der Waals surface area contributed by atoms with Crippen molar-refractivity contribution in [2.45, 2.75) is 24.9 Å². The van der Waals surface area contributed by atoms with Gasteiger partial charge < -0.3 is 21.7 Å². The highest BCUT2D eigenvalue weighted by Crippen LogP contribution is 1.92. The van der Waals surface area contributed by atoms with Crippen LogP contribution >= 0.6 is 12.4 Å². The van der Waals surface area contributed by atoms with Gasteiger partial charge in [0.1, 0.15) is 36.4 Å². The van der Waals surface area contributed by atoms with E-state index in [1.807, 2.05) is 0 Å². The molecule has 128 valence electrons. The number of rotatable bonds is 6. The molecule has 0 aliphatic heterocycles. The van der Waals surface area contributed by atoms with E-state index in [1.165, 1.54) is 12.7 Å². The highest BCUT2D eigenvalue weighted by molar-refractivity contribution is 5.85. The molecule has 2 aromatic rings. The maximum atomic E-state index is 10.2. The van der Waals surface area contributed by atoms with Crippen molar-refractivity contribution in [3.05, 3.63) is 24.3 Å². The molecule has 0 aliphatic carbocycles. The highest BCUT2D eigenvalue weighted by Gasteiger charge is 2.13. The molecule has 2 heterocycles. The normalized spacial score (nSPS) is 12.3. The molecule has 23 heavy (non-hydrogen) atoms. The summed E-state index contributed by atoms with van der Waals surface area (Å²) < 4.78 is 0. The first kappa shape index (κ1) is 20.4. The van der Waals surface area contributed by atoms with Gasteiger partial charge in [-0.3, -0.25) is 19.8 Å². The molecule has 0 fully saturated rings. The molecule has 12 nitrogen and oxygen atoms in total. The molecule has 0 bridgehead atoms. The van der Waals surface area contributed by atoms with Crippen LogP contribution in [0.5, 0.6) is 0 Å². The summed E-state index contributed by atoms with van der Waals surface area (Å²) in [5, 5.41) is 28.9. The number of carboxylic acid groups (broad SMARTS) is 2. The van der Waals surface area contributed by atoms with Crippen molar-refractivity contribution in [2.24, 2.45) is 11.5 Å². The van der Waals surface area contributed by atoms with Crippen LogP contribution in [-0.4, -0.2) is 64.6 Å². The maximum Gasteiger partial charge on any atom is 0.320 e. The fourth-order valence-electron chi connectivity index (χ4n) is 1.25. The van der Waals surface area contributed by atoms with Crippen LogP contribution in [0.2, 0.25) is 0 Å². The summed E-state index contributed by atoms with van der Waals surface area (Å²) in [5.41, 5.74) is 10.4. The van der Waals surface area contributed by atoms with Crippen molar-refractivity contribution in [3.8, 4) is 0 Å². The second kappa shape index (κ2) is 10.2. The summed E-state index contributed by atoms with van der Waals surface area (Å²) >= 11 is 0. The zero-order chi connectivity index (χ0) is 16.5. The average molecular weight is 349 g/mol. The molecule has 8 N–H and O–H groups in total. The van der Waals surface area contributed by atoms with Gasteiger partial charge >= 0.3 is 11.9 Å². The molecule has 0 spiro atoms. The van der Waals surface area contributed by atoms with Crippen molar-refractivity contribution in [2.75, 3.05) is 0 Å². The first-order valence-electron chi connectivity index (χ1n) is 6.05. The van der Waals surface area contributed by atoms with E-state index in [0.717, 1.165) is 0 Å². The van der Waals surface area contributed by atoms with E-state index in [0.29, 0.717) is 11.6 Å². The molecule has 2 aromatic heterocycles. The number of aromatic nitrogens is 6. The van der Waals surface area contributed by atoms with E-state index in [4.69, 9.17) is 21.7 Å². The topological polar surface area (TPSA) is 210 Å². The fourth-order valence-corrected chi connectivity index (χ4v) is 1.25. The van der Waals surface area contributed by atoms with Crippen molar-refractivity contribution in [1.82, 2.24) is 30.4 Å². The number of H-pyrrole nitrogens is 2. The molecule has 0 aromatic carbocycles. The average Bonchev–Trinajstić information content (AvgIpc) is 3.12. The Morgan fingerprint density at radius 1 is 0.957 bits per heavy atom. The Labute approximate surface area is 136 Å². The maximum absolute atomic E-state index is 10.2. The molecule has 0 amide bonds. The van der Waals surface area contributed by atoms with E-state index < -0.39 is 24.0 Å². The number of halogens is 1. The van der Waals surface area contributed by atoms with Crippen molar-refractivity contribution < 1.29 is 19.8 Å². The monoisotopic (exact) mass is 348 g/mol. The van der Waals surface area contributed by atoms with Crippen LogP contribution in [0, 0.1) is 0 Å². The first-order valence-corrected chi connectivity index (χ1v) is 6.05. The number of carbonyl (C=O) groups is 2. The van der Waals surface area contributed by atoms with Crippen LogP contribution in [0.4, 0.5) is 0 Å². The van der Waals surface area contributed by atoms with Gasteiger partial charge in [0.2, 0.25) is 0 Å². The predicted molar refractivity (Wildman–Crippen MR) is 78.6 cm³/mol. The second-order valence-corrected chi connectivity index (χ2v) is 4.16. The van der Waals surface area contributed by atoms with Crippen LogP contribution in [0.3, 0.4) is 0 Å². The molecule has 2 rings (SSSR count). The number of nitrogens with two attached hydrogens (primary N) is 2. The Kier molecular flexibility index (Phi) is 9.07. The third-order valence-corrected chi connectivity index (χ3v) is 2.39. The summed E-state index contributed by atoms with van der Waals surface area (Å²) in [6.07, 6.45) is 2.97. The SMILES string of the molecule is Cl.NC(Cc1ncn[nH]1)C(=O)O.NC(Cc1ncn[nH]1)C(=O)O. The third kappa shape index (κ3) is 7.85. The summed E-state index contributed by atoms with van der Waals surface area (Å²) in [6, 6.07) is -1.83. The number of nitrogens with zero attached hydrogens (tertiary/aromatic N) is 4. The molecular formula is C10H17ClN8O4. The van der Waals surface area contributed by atoms with Gasteiger partial charge in [0.25, 0.3) is 0 Å². The molecule has 0 radical (unpaired) electrons. The highest BCUT2D eigenvalue weighted by atomic mass is 35.5. The van der Waals surface area contributed by atoms with Gasteiger partial charge in [0.15, 0.2) is 0 Å². The Bertz CT molecular complexity index is 523. The van der Waals surface area contributed by atoms with Gasteiger partial charge in [-0.15, -0.1) is 12.4 Å². The van der Waals surface area contributed by atoms with E-state index in [9.17, 15) is 9.59 Å². The zero-order valence-electron chi connectivity index (χ0n) is 11.8. The van der Waals surface area contributed by atoms with Crippen LogP contribution in [-0.2, 0) is 22.4 Å². The van der Waals surface area contributed by atoms with Crippen molar-refractivity contribution in [1.29, 1.82) is 0 Å². The minimum Gasteiger partial charge on any atom is -0.480 e. The minimum absolute atomic E-state index is 0. The smallest absolute Gasteiger partial charge is 0.320 e. The molecule has 2 unspecified atom stereocenters. The number of nitrogens with one attached hydrogen (secondary N) is 2. The Hall–Kier alpha value is -2.57. The second-order valence-electron chi connectivity index (χ2n) is 4.16. The van der Waals surface area contributed by atoms with Crippen LogP contribution in [0.1, 0.15) is 11.6 Å².